The van der Waals surface area contributed by atoms with Gasteiger partial charge in [0.25, 0.3) is 0 Å². The second-order valence-electron chi connectivity index (χ2n) is 8.89. The summed E-state index contributed by atoms with van der Waals surface area (Å²) in [6.45, 7) is 0.926. The number of para-hydroxylation sites is 2. The molecule has 0 saturated heterocycles. The van der Waals surface area contributed by atoms with Gasteiger partial charge in [0.15, 0.2) is 0 Å². The van der Waals surface area contributed by atoms with Gasteiger partial charge in [-0.2, -0.15) is 5.26 Å². The summed E-state index contributed by atoms with van der Waals surface area (Å²) in [5.74, 6) is 1.54. The summed E-state index contributed by atoms with van der Waals surface area (Å²) in [7, 11) is 0. The van der Waals surface area contributed by atoms with Crippen molar-refractivity contribution in [2.45, 2.75) is 45.3 Å². The molecule has 5 rings (SSSR count). The molecule has 4 nitrogen and oxygen atoms in total. The van der Waals surface area contributed by atoms with Gasteiger partial charge in [0.1, 0.15) is 24.0 Å². The first kappa shape index (κ1) is 22.4. The van der Waals surface area contributed by atoms with E-state index in [4.69, 9.17) is 26.6 Å². The normalized spacial score (nSPS) is 14.3. The van der Waals surface area contributed by atoms with E-state index < -0.39 is 5.82 Å². The predicted molar refractivity (Wildman–Crippen MR) is 132 cm³/mol. The SMILES string of the molecule is N#Cc1ccc(COc2cc(Cl)ccc2-c2nc3ccccc3n2CC2CCCCC2)c(F)c1. The standard InChI is InChI=1S/C28H25ClFN3O/c29-22-12-13-23(27(15-22)34-18-21-11-10-20(16-31)14-24(21)30)28-32-25-8-4-5-9-26(25)33(28)17-19-6-2-1-3-7-19/h4-5,8-15,19H,1-3,6-7,17-18H2. The number of ether oxygens (including phenoxy) is 1. The Balaban J connectivity index is 1.52. The van der Waals surface area contributed by atoms with Crippen molar-refractivity contribution in [3.05, 3.63) is 82.6 Å². The molecule has 0 spiro atoms. The van der Waals surface area contributed by atoms with Gasteiger partial charge in [-0.3, -0.25) is 0 Å². The Hall–Kier alpha value is -3.36. The highest BCUT2D eigenvalue weighted by Crippen LogP contribution is 2.36. The second-order valence-corrected chi connectivity index (χ2v) is 9.32. The van der Waals surface area contributed by atoms with Crippen molar-refractivity contribution < 1.29 is 9.13 Å². The molecule has 1 aliphatic rings. The first-order valence-corrected chi connectivity index (χ1v) is 12.1. The zero-order valence-corrected chi connectivity index (χ0v) is 19.6. The number of halogens is 2. The van der Waals surface area contributed by atoms with Gasteiger partial charge in [0, 0.05) is 17.1 Å². The van der Waals surface area contributed by atoms with E-state index in [1.165, 1.54) is 38.2 Å². The molecule has 6 heteroatoms. The minimum atomic E-state index is -0.466. The lowest BCUT2D eigenvalue weighted by atomic mass is 9.89. The summed E-state index contributed by atoms with van der Waals surface area (Å²) < 4.78 is 22.8. The van der Waals surface area contributed by atoms with Gasteiger partial charge in [0.05, 0.1) is 28.2 Å². The molecule has 0 unspecified atom stereocenters. The average molecular weight is 474 g/mol. The van der Waals surface area contributed by atoms with Crippen LogP contribution in [0.15, 0.2) is 60.7 Å². The summed E-state index contributed by atoms with van der Waals surface area (Å²) in [4.78, 5) is 4.96. The molecule has 0 bridgehead atoms. The number of benzene rings is 3. The Morgan fingerprint density at radius 3 is 2.68 bits per heavy atom. The van der Waals surface area contributed by atoms with Gasteiger partial charge in [-0.15, -0.1) is 0 Å². The van der Waals surface area contributed by atoms with Gasteiger partial charge >= 0.3 is 0 Å². The van der Waals surface area contributed by atoms with Crippen LogP contribution in [-0.2, 0) is 13.2 Å². The Morgan fingerprint density at radius 2 is 1.88 bits per heavy atom. The molecule has 3 aromatic carbocycles. The molecule has 0 N–H and O–H groups in total. The maximum Gasteiger partial charge on any atom is 0.144 e. The molecular weight excluding hydrogens is 449 g/mol. The van der Waals surface area contributed by atoms with E-state index in [0.29, 0.717) is 22.3 Å². The number of imidazole rings is 1. The average Bonchev–Trinajstić information content (AvgIpc) is 3.22. The number of nitriles is 1. The summed E-state index contributed by atoms with van der Waals surface area (Å²) in [5.41, 5.74) is 3.52. The predicted octanol–water partition coefficient (Wildman–Crippen LogP) is 7.53. The van der Waals surface area contributed by atoms with Crippen LogP contribution in [0.1, 0.15) is 43.2 Å². The zero-order chi connectivity index (χ0) is 23.5. The van der Waals surface area contributed by atoms with E-state index in [1.54, 1.807) is 18.2 Å². The molecule has 1 fully saturated rings. The second kappa shape index (κ2) is 9.87. The van der Waals surface area contributed by atoms with Gasteiger partial charge < -0.3 is 9.30 Å². The van der Waals surface area contributed by atoms with Crippen molar-refractivity contribution in [3.63, 3.8) is 0 Å². The van der Waals surface area contributed by atoms with Crippen molar-refractivity contribution in [1.82, 2.24) is 9.55 Å². The Labute approximate surface area is 203 Å². The van der Waals surface area contributed by atoms with Crippen LogP contribution in [0.2, 0.25) is 5.02 Å². The highest BCUT2D eigenvalue weighted by Gasteiger charge is 2.21. The molecule has 34 heavy (non-hydrogen) atoms. The van der Waals surface area contributed by atoms with Crippen molar-refractivity contribution in [1.29, 1.82) is 5.26 Å². The molecular formula is C28H25ClFN3O. The van der Waals surface area contributed by atoms with Crippen LogP contribution in [0.25, 0.3) is 22.4 Å². The zero-order valence-electron chi connectivity index (χ0n) is 18.8. The van der Waals surface area contributed by atoms with Crippen molar-refractivity contribution in [2.75, 3.05) is 0 Å². The minimum Gasteiger partial charge on any atom is -0.488 e. The van der Waals surface area contributed by atoms with Crippen LogP contribution in [-0.4, -0.2) is 9.55 Å². The number of rotatable bonds is 6. The number of fused-ring (bicyclic) bond motifs is 1. The highest BCUT2D eigenvalue weighted by atomic mass is 35.5. The number of nitrogens with zero attached hydrogens (tertiary/aromatic N) is 3. The van der Waals surface area contributed by atoms with E-state index in [9.17, 15) is 4.39 Å². The molecule has 0 radical (unpaired) electrons. The molecule has 1 aromatic heterocycles. The first-order valence-electron chi connectivity index (χ1n) is 11.7. The van der Waals surface area contributed by atoms with E-state index >= 15 is 0 Å². The Bertz CT molecular complexity index is 1370. The van der Waals surface area contributed by atoms with Crippen molar-refractivity contribution >= 4 is 22.6 Å². The fourth-order valence-electron chi connectivity index (χ4n) is 4.78. The van der Waals surface area contributed by atoms with Crippen LogP contribution in [0.4, 0.5) is 4.39 Å². The fourth-order valence-corrected chi connectivity index (χ4v) is 4.95. The molecule has 1 aliphatic carbocycles. The molecule has 1 saturated carbocycles. The van der Waals surface area contributed by atoms with E-state index in [2.05, 4.69) is 10.6 Å². The fraction of sp³-hybridized carbons (Fsp3) is 0.286. The van der Waals surface area contributed by atoms with Gasteiger partial charge in [-0.25, -0.2) is 9.37 Å². The van der Waals surface area contributed by atoms with Crippen molar-refractivity contribution in [3.8, 4) is 23.2 Å². The summed E-state index contributed by atoms with van der Waals surface area (Å²) in [5, 5.41) is 9.52. The monoisotopic (exact) mass is 473 g/mol. The minimum absolute atomic E-state index is 0.0216. The van der Waals surface area contributed by atoms with Crippen LogP contribution in [0, 0.1) is 23.1 Å². The third-order valence-electron chi connectivity index (χ3n) is 6.57. The number of hydrogen-bond donors (Lipinski definition) is 0. The van der Waals surface area contributed by atoms with Crippen LogP contribution >= 0.6 is 11.6 Å². The number of aromatic nitrogens is 2. The maximum atomic E-state index is 14.4. The first-order chi connectivity index (χ1) is 16.6. The molecule has 1 heterocycles. The lowest BCUT2D eigenvalue weighted by Crippen LogP contribution is -2.15. The Kier molecular flexibility index (Phi) is 6.51. The Morgan fingerprint density at radius 1 is 1.06 bits per heavy atom. The quantitative estimate of drug-likeness (QED) is 0.291. The summed E-state index contributed by atoms with van der Waals surface area (Å²) >= 11 is 6.31. The topological polar surface area (TPSA) is 50.8 Å². The smallest absolute Gasteiger partial charge is 0.144 e. The van der Waals surface area contributed by atoms with E-state index in [1.807, 2.05) is 36.4 Å². The molecule has 0 atom stereocenters. The maximum absolute atomic E-state index is 14.4. The molecule has 4 aromatic rings. The van der Waals surface area contributed by atoms with E-state index in [0.717, 1.165) is 29.0 Å². The third kappa shape index (κ3) is 4.64. The van der Waals surface area contributed by atoms with Crippen LogP contribution in [0.5, 0.6) is 5.75 Å². The molecule has 172 valence electrons. The largest absolute Gasteiger partial charge is 0.488 e. The van der Waals surface area contributed by atoms with Gasteiger partial charge in [-0.05, 0) is 61.2 Å². The van der Waals surface area contributed by atoms with Crippen molar-refractivity contribution in [2.24, 2.45) is 5.92 Å². The van der Waals surface area contributed by atoms with Gasteiger partial charge in [-0.1, -0.05) is 49.1 Å². The lowest BCUT2D eigenvalue weighted by molar-refractivity contribution is 0.300. The molecule has 0 aliphatic heterocycles. The summed E-state index contributed by atoms with van der Waals surface area (Å²) in [6.07, 6.45) is 6.33. The van der Waals surface area contributed by atoms with E-state index in [-0.39, 0.29) is 12.2 Å². The van der Waals surface area contributed by atoms with Crippen LogP contribution in [0.3, 0.4) is 0 Å². The molecule has 0 amide bonds. The third-order valence-corrected chi connectivity index (χ3v) is 6.81. The van der Waals surface area contributed by atoms with Crippen LogP contribution < -0.4 is 4.74 Å². The summed E-state index contributed by atoms with van der Waals surface area (Å²) in [6, 6.07) is 20.0. The highest BCUT2D eigenvalue weighted by molar-refractivity contribution is 6.30. The number of hydrogen-bond acceptors (Lipinski definition) is 3. The lowest BCUT2D eigenvalue weighted by Gasteiger charge is -2.23. The van der Waals surface area contributed by atoms with Gasteiger partial charge in [0.2, 0.25) is 0 Å².